The summed E-state index contributed by atoms with van der Waals surface area (Å²) >= 11 is 0. The number of halogens is 3. The van der Waals surface area contributed by atoms with E-state index < -0.39 is 11.7 Å². The van der Waals surface area contributed by atoms with E-state index >= 15 is 0 Å². The lowest BCUT2D eigenvalue weighted by molar-refractivity contribution is -0.137. The number of alkyl halides is 3. The zero-order valence-electron chi connectivity index (χ0n) is 13.2. The van der Waals surface area contributed by atoms with Gasteiger partial charge < -0.3 is 14.8 Å². The second-order valence-corrected chi connectivity index (χ2v) is 5.52. The summed E-state index contributed by atoms with van der Waals surface area (Å²) in [5.41, 5.74) is -0.00507. The number of anilines is 1. The van der Waals surface area contributed by atoms with Crippen LogP contribution in [0, 0.1) is 11.3 Å². The zero-order chi connectivity index (χ0) is 17.9. The van der Waals surface area contributed by atoms with Gasteiger partial charge in [-0.1, -0.05) is 6.07 Å². The highest BCUT2D eigenvalue weighted by Crippen LogP contribution is 2.34. The van der Waals surface area contributed by atoms with E-state index in [9.17, 15) is 13.2 Å². The molecule has 4 nitrogen and oxygen atoms in total. The smallest absolute Gasteiger partial charge is 0.417 e. The van der Waals surface area contributed by atoms with Crippen molar-refractivity contribution in [3.8, 4) is 17.6 Å². The lowest BCUT2D eigenvalue weighted by atomic mass is 10.1. The molecule has 130 valence electrons. The van der Waals surface area contributed by atoms with E-state index in [1.165, 1.54) is 12.1 Å². The summed E-state index contributed by atoms with van der Waals surface area (Å²) < 4.78 is 49.8. The number of rotatable bonds is 4. The molecule has 0 amide bonds. The van der Waals surface area contributed by atoms with Gasteiger partial charge in [-0.2, -0.15) is 18.4 Å². The number of nitriles is 1. The Hall–Kier alpha value is -2.88. The average molecular weight is 348 g/mol. The van der Waals surface area contributed by atoms with Gasteiger partial charge in [0, 0.05) is 12.2 Å². The van der Waals surface area contributed by atoms with Gasteiger partial charge in [-0.05, 0) is 42.3 Å². The van der Waals surface area contributed by atoms with Crippen LogP contribution in [0.15, 0.2) is 36.4 Å². The lowest BCUT2D eigenvalue weighted by Gasteiger charge is -2.19. The first kappa shape index (κ1) is 17.0. The normalized spacial score (nSPS) is 13.2. The van der Waals surface area contributed by atoms with Crippen molar-refractivity contribution < 1.29 is 22.6 Å². The Labute approximate surface area is 142 Å². The second kappa shape index (κ2) is 6.93. The quantitative estimate of drug-likeness (QED) is 0.907. The van der Waals surface area contributed by atoms with Crippen molar-refractivity contribution in [2.24, 2.45) is 0 Å². The first-order chi connectivity index (χ1) is 12.0. The van der Waals surface area contributed by atoms with Crippen molar-refractivity contribution >= 4 is 5.69 Å². The summed E-state index contributed by atoms with van der Waals surface area (Å²) in [6.45, 7) is 1.47. The van der Waals surface area contributed by atoms with Gasteiger partial charge >= 0.3 is 6.18 Å². The van der Waals surface area contributed by atoms with Gasteiger partial charge in [-0.3, -0.25) is 0 Å². The minimum Gasteiger partial charge on any atom is -0.486 e. The van der Waals surface area contributed by atoms with Crippen molar-refractivity contribution in [2.45, 2.75) is 12.6 Å². The average Bonchev–Trinajstić information content (AvgIpc) is 2.61. The Balaban J connectivity index is 1.65. The van der Waals surface area contributed by atoms with Crippen LogP contribution in [0.2, 0.25) is 0 Å². The Bertz CT molecular complexity index is 813. The van der Waals surface area contributed by atoms with Crippen LogP contribution in [0.1, 0.15) is 16.7 Å². The molecule has 2 aromatic carbocycles. The molecule has 0 bridgehead atoms. The first-order valence-corrected chi connectivity index (χ1v) is 7.71. The maximum absolute atomic E-state index is 13.0. The third kappa shape index (κ3) is 3.97. The molecule has 0 saturated carbocycles. The molecule has 1 N–H and O–H groups in total. The van der Waals surface area contributed by atoms with Crippen LogP contribution in [-0.2, 0) is 12.6 Å². The summed E-state index contributed by atoms with van der Waals surface area (Å²) in [5, 5.41) is 11.8. The van der Waals surface area contributed by atoms with Gasteiger partial charge in [-0.25, -0.2) is 0 Å². The van der Waals surface area contributed by atoms with Gasteiger partial charge in [0.05, 0.1) is 17.2 Å². The van der Waals surface area contributed by atoms with E-state index in [1.807, 2.05) is 18.2 Å². The van der Waals surface area contributed by atoms with Crippen LogP contribution in [0.25, 0.3) is 0 Å². The highest BCUT2D eigenvalue weighted by Gasteiger charge is 2.33. The number of nitrogens with zero attached hydrogens (tertiary/aromatic N) is 1. The Morgan fingerprint density at radius 2 is 1.80 bits per heavy atom. The highest BCUT2D eigenvalue weighted by molar-refractivity contribution is 5.53. The van der Waals surface area contributed by atoms with E-state index in [0.29, 0.717) is 43.4 Å². The van der Waals surface area contributed by atoms with Crippen molar-refractivity contribution in [1.82, 2.24) is 0 Å². The maximum atomic E-state index is 13.0. The Morgan fingerprint density at radius 3 is 2.52 bits per heavy atom. The van der Waals surface area contributed by atoms with Crippen LogP contribution >= 0.6 is 0 Å². The number of hydrogen-bond donors (Lipinski definition) is 1. The zero-order valence-corrected chi connectivity index (χ0v) is 13.2. The molecule has 1 aliphatic rings. The van der Waals surface area contributed by atoms with Crippen LogP contribution in [0.4, 0.5) is 18.9 Å². The van der Waals surface area contributed by atoms with E-state index in [-0.39, 0.29) is 5.56 Å². The number of nitrogens with one attached hydrogen (secondary N) is 1. The SMILES string of the molecule is N#Cc1ccc(NCCc2ccc3c(c2)OCCO3)cc1C(F)(F)F. The lowest BCUT2D eigenvalue weighted by Crippen LogP contribution is -2.15. The van der Waals surface area contributed by atoms with Gasteiger partial charge in [0.25, 0.3) is 0 Å². The minimum atomic E-state index is -4.56. The summed E-state index contributed by atoms with van der Waals surface area (Å²) in [5.74, 6) is 1.38. The minimum absolute atomic E-state index is 0.323. The maximum Gasteiger partial charge on any atom is 0.417 e. The Kier molecular flexibility index (Phi) is 4.70. The topological polar surface area (TPSA) is 54.3 Å². The third-order valence-electron chi connectivity index (χ3n) is 3.79. The number of benzene rings is 2. The van der Waals surface area contributed by atoms with Gasteiger partial charge in [-0.15, -0.1) is 0 Å². The van der Waals surface area contributed by atoms with Crippen molar-refractivity contribution in [2.75, 3.05) is 25.1 Å². The molecular weight excluding hydrogens is 333 g/mol. The van der Waals surface area contributed by atoms with Crippen LogP contribution in [0.3, 0.4) is 0 Å². The van der Waals surface area contributed by atoms with E-state index in [0.717, 1.165) is 11.6 Å². The fraction of sp³-hybridized carbons (Fsp3) is 0.278. The molecule has 1 aliphatic heterocycles. The molecule has 2 aromatic rings. The fourth-order valence-electron chi connectivity index (χ4n) is 2.58. The predicted molar refractivity (Wildman–Crippen MR) is 85.8 cm³/mol. The standard InChI is InChI=1S/C18H15F3N2O2/c19-18(20,21)15-10-14(3-2-13(15)11-22)23-6-5-12-1-4-16-17(9-12)25-8-7-24-16/h1-4,9-10,23H,5-8H2. The van der Waals surface area contributed by atoms with Gasteiger partial charge in [0.15, 0.2) is 11.5 Å². The Morgan fingerprint density at radius 1 is 1.04 bits per heavy atom. The fourth-order valence-corrected chi connectivity index (χ4v) is 2.58. The highest BCUT2D eigenvalue weighted by atomic mass is 19.4. The predicted octanol–water partition coefficient (Wildman–Crippen LogP) is 4.00. The van der Waals surface area contributed by atoms with Crippen molar-refractivity contribution in [1.29, 1.82) is 5.26 Å². The summed E-state index contributed by atoms with van der Waals surface area (Å²) in [4.78, 5) is 0. The summed E-state index contributed by atoms with van der Waals surface area (Å²) in [6, 6.07) is 10.8. The van der Waals surface area contributed by atoms with E-state index in [2.05, 4.69) is 5.32 Å². The van der Waals surface area contributed by atoms with E-state index in [4.69, 9.17) is 14.7 Å². The van der Waals surface area contributed by atoms with Crippen molar-refractivity contribution in [3.05, 3.63) is 53.1 Å². The van der Waals surface area contributed by atoms with Crippen molar-refractivity contribution in [3.63, 3.8) is 0 Å². The first-order valence-electron chi connectivity index (χ1n) is 7.71. The summed E-state index contributed by atoms with van der Waals surface area (Å²) in [6.07, 6.45) is -3.95. The molecule has 0 radical (unpaired) electrons. The van der Waals surface area contributed by atoms with Crippen LogP contribution in [0.5, 0.6) is 11.5 Å². The molecule has 0 atom stereocenters. The molecule has 7 heteroatoms. The molecule has 0 aromatic heterocycles. The molecule has 0 saturated heterocycles. The number of hydrogen-bond acceptors (Lipinski definition) is 4. The third-order valence-corrected chi connectivity index (χ3v) is 3.79. The molecule has 0 fully saturated rings. The molecule has 0 spiro atoms. The largest absolute Gasteiger partial charge is 0.486 e. The summed E-state index contributed by atoms with van der Waals surface area (Å²) in [7, 11) is 0. The monoisotopic (exact) mass is 348 g/mol. The number of ether oxygens (including phenoxy) is 2. The molecule has 0 unspecified atom stereocenters. The number of fused-ring (bicyclic) bond motifs is 1. The second-order valence-electron chi connectivity index (χ2n) is 5.52. The van der Waals surface area contributed by atoms with Gasteiger partial charge in [0.1, 0.15) is 13.2 Å². The molecule has 1 heterocycles. The molecule has 0 aliphatic carbocycles. The van der Waals surface area contributed by atoms with Gasteiger partial charge in [0.2, 0.25) is 0 Å². The van der Waals surface area contributed by atoms with Crippen LogP contribution in [-0.4, -0.2) is 19.8 Å². The van der Waals surface area contributed by atoms with Crippen LogP contribution < -0.4 is 14.8 Å². The van der Waals surface area contributed by atoms with E-state index in [1.54, 1.807) is 6.07 Å². The molecule has 25 heavy (non-hydrogen) atoms. The molecule has 3 rings (SSSR count). The molecular formula is C18H15F3N2O2.